The molecule has 0 unspecified atom stereocenters. The van der Waals surface area contributed by atoms with E-state index in [1.54, 1.807) is 17.5 Å². The molecule has 0 spiro atoms. The van der Waals surface area contributed by atoms with Gasteiger partial charge < -0.3 is 10.6 Å². The minimum atomic E-state index is 0.186. The van der Waals surface area contributed by atoms with E-state index in [0.29, 0.717) is 0 Å². The van der Waals surface area contributed by atoms with E-state index in [-0.39, 0.29) is 6.04 Å². The molecule has 0 aromatic carbocycles. The van der Waals surface area contributed by atoms with Gasteiger partial charge in [-0.2, -0.15) is 5.10 Å². The van der Waals surface area contributed by atoms with Gasteiger partial charge >= 0.3 is 0 Å². The molecule has 0 amide bonds. The summed E-state index contributed by atoms with van der Waals surface area (Å²) < 4.78 is 0. The summed E-state index contributed by atoms with van der Waals surface area (Å²) in [6, 6.07) is 0.186. The summed E-state index contributed by atoms with van der Waals surface area (Å²) in [6.45, 7) is 7.20. The second-order valence-corrected chi connectivity index (χ2v) is 2.74. The van der Waals surface area contributed by atoms with Gasteiger partial charge in [0, 0.05) is 18.8 Å². The van der Waals surface area contributed by atoms with Crippen LogP contribution in [0.4, 0.5) is 0 Å². The molecule has 1 atom stereocenters. The predicted octanol–water partition coefficient (Wildman–Crippen LogP) is -0.00450. The van der Waals surface area contributed by atoms with E-state index >= 15 is 0 Å². The molecular weight excluding hydrogens is 140 g/mol. The van der Waals surface area contributed by atoms with E-state index in [9.17, 15) is 0 Å². The molecule has 0 aromatic rings. The van der Waals surface area contributed by atoms with Crippen molar-refractivity contribution in [2.45, 2.75) is 13.0 Å². The Bertz CT molecular complexity index is 164. The molecule has 0 fully saturated rings. The third-order valence-electron chi connectivity index (χ3n) is 1.42. The molecule has 4 heteroatoms. The van der Waals surface area contributed by atoms with Gasteiger partial charge in [0.05, 0.1) is 0 Å². The summed E-state index contributed by atoms with van der Waals surface area (Å²) >= 11 is 0. The van der Waals surface area contributed by atoms with E-state index in [1.807, 2.05) is 11.8 Å². The zero-order valence-electron chi connectivity index (χ0n) is 6.77. The Hall–Kier alpha value is -1.03. The summed E-state index contributed by atoms with van der Waals surface area (Å²) in [7, 11) is 0. The Balaban J connectivity index is 2.31. The second-order valence-electron chi connectivity index (χ2n) is 2.74. The Morgan fingerprint density at radius 2 is 2.64 bits per heavy atom. The van der Waals surface area contributed by atoms with Crippen molar-refractivity contribution in [2.75, 3.05) is 13.2 Å². The predicted molar refractivity (Wildman–Crippen MR) is 45.8 cm³/mol. The van der Waals surface area contributed by atoms with Crippen LogP contribution in [0.3, 0.4) is 0 Å². The van der Waals surface area contributed by atoms with E-state index in [2.05, 4.69) is 11.7 Å². The third kappa shape index (κ3) is 2.23. The maximum absolute atomic E-state index is 5.61. The van der Waals surface area contributed by atoms with Crippen LogP contribution in [-0.4, -0.2) is 35.5 Å². The van der Waals surface area contributed by atoms with Crippen LogP contribution in [0.1, 0.15) is 6.92 Å². The SMILES string of the molecule is C=CN1CN(C[C@@H](C)N)C=N1. The molecule has 0 saturated carbocycles. The van der Waals surface area contributed by atoms with Crippen LogP contribution in [-0.2, 0) is 0 Å². The molecule has 0 bridgehead atoms. The molecule has 1 aliphatic rings. The Kier molecular flexibility index (Phi) is 2.48. The summed E-state index contributed by atoms with van der Waals surface area (Å²) in [4.78, 5) is 2.05. The lowest BCUT2D eigenvalue weighted by Gasteiger charge is -2.17. The largest absolute Gasteiger partial charge is 0.340 e. The van der Waals surface area contributed by atoms with Crippen LogP contribution in [0, 0.1) is 0 Å². The fourth-order valence-corrected chi connectivity index (χ4v) is 0.978. The quantitative estimate of drug-likeness (QED) is 0.622. The van der Waals surface area contributed by atoms with Crippen molar-refractivity contribution in [3.05, 3.63) is 12.8 Å². The van der Waals surface area contributed by atoms with Crippen molar-refractivity contribution in [3.8, 4) is 0 Å². The molecule has 0 radical (unpaired) electrons. The first-order valence-corrected chi connectivity index (χ1v) is 3.65. The summed E-state index contributed by atoms with van der Waals surface area (Å²) in [5.41, 5.74) is 5.61. The van der Waals surface area contributed by atoms with E-state index in [4.69, 9.17) is 5.73 Å². The third-order valence-corrected chi connectivity index (χ3v) is 1.42. The number of hydrogen-bond acceptors (Lipinski definition) is 4. The molecule has 1 aliphatic heterocycles. The van der Waals surface area contributed by atoms with Crippen LogP contribution in [0.15, 0.2) is 17.9 Å². The molecule has 2 N–H and O–H groups in total. The maximum Gasteiger partial charge on any atom is 0.113 e. The van der Waals surface area contributed by atoms with E-state index in [1.165, 1.54) is 0 Å². The molecule has 0 aliphatic carbocycles. The standard InChI is InChI=1S/C7H14N4/c1-3-11-6-10(5-9-11)4-7(2)8/h3,5,7H,1,4,6,8H2,2H3/t7-/m1/s1. The van der Waals surface area contributed by atoms with Crippen molar-refractivity contribution in [2.24, 2.45) is 10.8 Å². The van der Waals surface area contributed by atoms with Gasteiger partial charge in [-0.05, 0) is 6.92 Å². The topological polar surface area (TPSA) is 44.9 Å². The fourth-order valence-electron chi connectivity index (χ4n) is 0.978. The average Bonchev–Trinajstić information content (AvgIpc) is 2.34. The molecule has 0 saturated heterocycles. The monoisotopic (exact) mass is 154 g/mol. The minimum Gasteiger partial charge on any atom is -0.340 e. The Labute approximate surface area is 67.0 Å². The molecule has 1 heterocycles. The van der Waals surface area contributed by atoms with E-state index in [0.717, 1.165) is 13.2 Å². The molecule has 11 heavy (non-hydrogen) atoms. The Morgan fingerprint density at radius 1 is 1.91 bits per heavy atom. The first kappa shape index (κ1) is 8.07. The average molecular weight is 154 g/mol. The molecular formula is C7H14N4. The lowest BCUT2D eigenvalue weighted by Crippen LogP contribution is -2.35. The van der Waals surface area contributed by atoms with Gasteiger partial charge in [-0.15, -0.1) is 0 Å². The smallest absolute Gasteiger partial charge is 0.113 e. The van der Waals surface area contributed by atoms with Gasteiger partial charge in [0.1, 0.15) is 13.0 Å². The van der Waals surface area contributed by atoms with Crippen LogP contribution in [0.5, 0.6) is 0 Å². The number of hydrazone groups is 1. The van der Waals surface area contributed by atoms with Crippen LogP contribution in [0.25, 0.3) is 0 Å². The lowest BCUT2D eigenvalue weighted by atomic mass is 10.3. The number of hydrogen-bond donors (Lipinski definition) is 1. The summed E-state index contributed by atoms with van der Waals surface area (Å²) in [5, 5.41) is 5.82. The van der Waals surface area contributed by atoms with Crippen molar-refractivity contribution in [1.29, 1.82) is 0 Å². The molecule has 62 valence electrons. The molecule has 1 rings (SSSR count). The maximum atomic E-state index is 5.61. The first-order chi connectivity index (χ1) is 5.22. The highest BCUT2D eigenvalue weighted by atomic mass is 15.6. The van der Waals surface area contributed by atoms with Gasteiger partial charge in [-0.25, -0.2) is 0 Å². The lowest BCUT2D eigenvalue weighted by molar-refractivity contribution is 0.297. The van der Waals surface area contributed by atoms with Gasteiger partial charge in [0.2, 0.25) is 0 Å². The van der Waals surface area contributed by atoms with Gasteiger partial charge in [-0.3, -0.25) is 5.01 Å². The van der Waals surface area contributed by atoms with Gasteiger partial charge in [-0.1, -0.05) is 6.58 Å². The van der Waals surface area contributed by atoms with Crippen molar-refractivity contribution >= 4 is 6.34 Å². The van der Waals surface area contributed by atoms with E-state index < -0.39 is 0 Å². The minimum absolute atomic E-state index is 0.186. The Morgan fingerprint density at radius 3 is 3.09 bits per heavy atom. The van der Waals surface area contributed by atoms with Gasteiger partial charge in [0.15, 0.2) is 0 Å². The summed E-state index contributed by atoms with van der Waals surface area (Å²) in [6.07, 6.45) is 3.47. The highest BCUT2D eigenvalue weighted by Crippen LogP contribution is 2.01. The van der Waals surface area contributed by atoms with Crippen LogP contribution < -0.4 is 5.73 Å². The normalized spacial score (nSPS) is 19.1. The fraction of sp³-hybridized carbons (Fsp3) is 0.571. The summed E-state index contributed by atoms with van der Waals surface area (Å²) in [5.74, 6) is 0. The zero-order chi connectivity index (χ0) is 8.27. The van der Waals surface area contributed by atoms with Crippen molar-refractivity contribution in [3.63, 3.8) is 0 Å². The first-order valence-electron chi connectivity index (χ1n) is 3.65. The zero-order valence-corrected chi connectivity index (χ0v) is 6.77. The van der Waals surface area contributed by atoms with Crippen molar-refractivity contribution in [1.82, 2.24) is 9.91 Å². The molecule has 4 nitrogen and oxygen atoms in total. The molecule has 0 aromatic heterocycles. The number of nitrogens with two attached hydrogens (primary N) is 1. The van der Waals surface area contributed by atoms with Crippen LogP contribution in [0.2, 0.25) is 0 Å². The highest BCUT2D eigenvalue weighted by molar-refractivity contribution is 5.56. The number of rotatable bonds is 3. The highest BCUT2D eigenvalue weighted by Gasteiger charge is 2.11. The van der Waals surface area contributed by atoms with Crippen LogP contribution >= 0.6 is 0 Å². The van der Waals surface area contributed by atoms with Crippen molar-refractivity contribution < 1.29 is 0 Å². The second kappa shape index (κ2) is 3.39. The number of nitrogens with zero attached hydrogens (tertiary/aromatic N) is 3. The van der Waals surface area contributed by atoms with Gasteiger partial charge in [0.25, 0.3) is 0 Å².